The van der Waals surface area contributed by atoms with Gasteiger partial charge < -0.3 is 60.0 Å². The van der Waals surface area contributed by atoms with Gasteiger partial charge in [-0.25, -0.2) is 0 Å². The Morgan fingerprint density at radius 2 is 0.878 bits per heavy atom. The predicted octanol–water partition coefficient (Wildman–Crippen LogP) is 9.15. The zero-order chi connectivity index (χ0) is 29.4. The molecule has 0 atom stereocenters. The number of hydrogen-bond donors (Lipinski definition) is 0. The Morgan fingerprint density at radius 3 is 1.20 bits per heavy atom. The maximum Gasteiger partial charge on any atom is 0.122 e. The molecule has 0 N–H and O–H groups in total. The number of rotatable bonds is 6. The van der Waals surface area contributed by atoms with Crippen LogP contribution in [0.2, 0.25) is 10.0 Å². The Kier molecular flexibility index (Phi) is 14.2. The van der Waals surface area contributed by atoms with Crippen LogP contribution in [0.4, 0.5) is 0 Å². The average Bonchev–Trinajstić information content (AvgIpc) is 2.97. The van der Waals surface area contributed by atoms with E-state index in [2.05, 4.69) is 0 Å². The van der Waals surface area contributed by atoms with Crippen molar-refractivity contribution in [1.82, 2.24) is 0 Å². The van der Waals surface area contributed by atoms with E-state index in [9.17, 15) is 0 Å². The minimum absolute atomic E-state index is 0. The minimum atomic E-state index is 0. The van der Waals surface area contributed by atoms with E-state index < -0.39 is 0 Å². The quantitative estimate of drug-likeness (QED) is 0.113. The summed E-state index contributed by atoms with van der Waals surface area (Å²) in [5, 5.41) is 1.22. The van der Waals surface area contributed by atoms with Crippen LogP contribution in [0, 0.1) is 13.8 Å². The van der Waals surface area contributed by atoms with Gasteiger partial charge in [0.05, 0.1) is 14.2 Å². The maximum atomic E-state index is 6.16. The fourth-order valence-electron chi connectivity index (χ4n) is 3.72. The van der Waals surface area contributed by atoms with E-state index in [-0.39, 0.29) is 16.5 Å². The van der Waals surface area contributed by atoms with E-state index >= 15 is 0 Å². The summed E-state index contributed by atoms with van der Waals surface area (Å²) in [7, 11) is 3.28. The van der Waals surface area contributed by atoms with Crippen molar-refractivity contribution in [2.45, 2.75) is 13.8 Å². The molecular weight excluding hydrogens is 674 g/mol. The maximum absolute atomic E-state index is 6.16. The summed E-state index contributed by atoms with van der Waals surface area (Å²) in [5.74, 6) is 1.60. The van der Waals surface area contributed by atoms with Crippen LogP contribution in [0.5, 0.6) is 11.5 Å². The van der Waals surface area contributed by atoms with Gasteiger partial charge in [-0.3, -0.25) is 0 Å². The number of halogens is 2. The molecule has 4 rings (SSSR count). The minimum Gasteiger partial charge on any atom is -0.780 e. The zero-order valence-corrected chi connectivity index (χ0v) is 28.4. The molecule has 0 radical (unpaired) electrons. The van der Waals surface area contributed by atoms with Gasteiger partial charge in [-0.15, -0.1) is 0 Å². The van der Waals surface area contributed by atoms with Crippen molar-refractivity contribution in [3.8, 4) is 11.5 Å². The number of ether oxygens (including phenoxy) is 2. The van der Waals surface area contributed by atoms with Gasteiger partial charge in [-0.1, -0.05) is 83.9 Å². The van der Waals surface area contributed by atoms with Crippen molar-refractivity contribution in [3.05, 3.63) is 128 Å². The number of benzene rings is 4. The SMILES string of the molecule is COc1cc(C([S-])=C([S-])c2ccccc2Cl)ccc1C.COc1cc(C([S-])=C([S-])c2ccccc2Cl)ccc1C.[Ni]. The molecule has 0 bridgehead atoms. The molecule has 0 saturated carbocycles. The fraction of sp³-hybridized carbons (Fsp3) is 0.125. The summed E-state index contributed by atoms with van der Waals surface area (Å²) in [6.45, 7) is 3.97. The van der Waals surface area contributed by atoms with Gasteiger partial charge in [0, 0.05) is 26.5 Å². The van der Waals surface area contributed by atoms with Crippen molar-refractivity contribution in [3.63, 3.8) is 0 Å². The summed E-state index contributed by atoms with van der Waals surface area (Å²) in [4.78, 5) is 2.37. The van der Waals surface area contributed by atoms with Crippen LogP contribution in [-0.4, -0.2) is 14.2 Å². The summed E-state index contributed by atoms with van der Waals surface area (Å²) >= 11 is 34.2. The van der Waals surface area contributed by atoms with Gasteiger partial charge in [0.25, 0.3) is 0 Å². The van der Waals surface area contributed by atoms with Crippen molar-refractivity contribution >= 4 is 93.3 Å². The van der Waals surface area contributed by atoms with Crippen LogP contribution in [-0.2, 0) is 67.0 Å². The summed E-state index contributed by atoms with van der Waals surface area (Å²) < 4.78 is 10.6. The Morgan fingerprint density at radius 1 is 0.537 bits per heavy atom. The fourth-order valence-corrected chi connectivity index (χ4v) is 5.36. The Labute approximate surface area is 285 Å². The van der Waals surface area contributed by atoms with Gasteiger partial charge in [-0.2, -0.15) is 19.6 Å². The first-order chi connectivity index (χ1) is 19.1. The number of hydrogen-bond acceptors (Lipinski definition) is 6. The Bertz CT molecular complexity index is 1450. The molecule has 4 aromatic carbocycles. The van der Waals surface area contributed by atoms with Crippen LogP contribution in [0.1, 0.15) is 33.4 Å². The molecule has 0 aromatic heterocycles. The van der Waals surface area contributed by atoms with E-state index in [0.717, 1.165) is 44.9 Å². The number of methoxy groups -OCH3 is 2. The molecule has 0 heterocycles. The molecule has 4 aromatic rings. The molecule has 0 saturated heterocycles. The molecule has 0 unspecified atom stereocenters. The molecule has 218 valence electrons. The third-order valence-electron chi connectivity index (χ3n) is 5.99. The topological polar surface area (TPSA) is 18.5 Å². The summed E-state index contributed by atoms with van der Waals surface area (Å²) in [6, 6.07) is 26.5. The van der Waals surface area contributed by atoms with Crippen LogP contribution < -0.4 is 9.47 Å². The predicted molar refractivity (Wildman–Crippen MR) is 181 cm³/mol. The smallest absolute Gasteiger partial charge is 0.122 e. The van der Waals surface area contributed by atoms with E-state index in [1.807, 2.05) is 98.8 Å². The van der Waals surface area contributed by atoms with Crippen LogP contribution in [0.3, 0.4) is 0 Å². The summed E-state index contributed by atoms with van der Waals surface area (Å²) in [5.41, 5.74) is 5.42. The molecule has 9 heteroatoms. The molecule has 0 fully saturated rings. The number of aryl methyl sites for hydroxylation is 2. The average molecular weight is 700 g/mol. The zero-order valence-electron chi connectivity index (χ0n) is 22.6. The first-order valence-corrected chi connectivity index (χ1v) is 14.4. The largest absolute Gasteiger partial charge is 0.780 e. The summed E-state index contributed by atoms with van der Waals surface area (Å²) in [6.07, 6.45) is 0. The molecule has 0 aliphatic heterocycles. The second kappa shape index (κ2) is 16.5. The van der Waals surface area contributed by atoms with Crippen LogP contribution in [0.25, 0.3) is 19.6 Å². The standard InChI is InChI=1S/2C16H15ClOS2.Ni/c2*1-10-7-8-11(9-14(10)18-2)15(19)16(20)12-5-3-4-6-13(12)17;/h2*3-9,19-20H,1-2H3;/p-4. The Balaban J connectivity index is 0.000000280. The van der Waals surface area contributed by atoms with Crippen molar-refractivity contribution in [2.24, 2.45) is 0 Å². The van der Waals surface area contributed by atoms with Crippen molar-refractivity contribution in [2.75, 3.05) is 14.2 Å². The molecule has 41 heavy (non-hydrogen) atoms. The molecule has 0 spiro atoms. The van der Waals surface area contributed by atoms with Crippen LogP contribution in [0.15, 0.2) is 84.9 Å². The normalized spacial score (nSPS) is 11.7. The van der Waals surface area contributed by atoms with E-state index in [0.29, 0.717) is 29.7 Å². The first-order valence-electron chi connectivity index (χ1n) is 12.0. The second-order valence-corrected chi connectivity index (χ2v) is 11.1. The van der Waals surface area contributed by atoms with Gasteiger partial charge in [0.2, 0.25) is 0 Å². The molecule has 0 aliphatic rings. The molecule has 0 amide bonds. The van der Waals surface area contributed by atoms with Gasteiger partial charge >= 0.3 is 0 Å². The first kappa shape index (κ1) is 35.1. The molecular formula is C32H26Cl2NiO2S4-4. The second-order valence-electron chi connectivity index (χ2n) is 8.64. The van der Waals surface area contributed by atoms with E-state index in [1.54, 1.807) is 14.2 Å². The van der Waals surface area contributed by atoms with Crippen molar-refractivity contribution < 1.29 is 26.0 Å². The van der Waals surface area contributed by atoms with Gasteiger partial charge in [-0.05, 0) is 71.5 Å². The van der Waals surface area contributed by atoms with Crippen LogP contribution >= 0.6 is 23.2 Å². The van der Waals surface area contributed by atoms with Gasteiger partial charge in [0.15, 0.2) is 0 Å². The Hall–Kier alpha value is -2.09. The third-order valence-corrected chi connectivity index (χ3v) is 8.64. The van der Waals surface area contributed by atoms with Gasteiger partial charge in [0.1, 0.15) is 11.5 Å². The molecule has 0 aliphatic carbocycles. The van der Waals surface area contributed by atoms with E-state index in [1.165, 1.54) is 0 Å². The molecule has 2 nitrogen and oxygen atoms in total. The van der Waals surface area contributed by atoms with Crippen molar-refractivity contribution in [1.29, 1.82) is 0 Å². The third kappa shape index (κ3) is 8.95. The van der Waals surface area contributed by atoms with E-state index in [4.69, 9.17) is 83.2 Å². The monoisotopic (exact) mass is 698 g/mol.